The van der Waals surface area contributed by atoms with Crippen LogP contribution in [0.2, 0.25) is 0 Å². The fourth-order valence-electron chi connectivity index (χ4n) is 1.28. The summed E-state index contributed by atoms with van der Waals surface area (Å²) in [5.74, 6) is 0. The van der Waals surface area contributed by atoms with Gasteiger partial charge in [-0.15, -0.1) is 0 Å². The van der Waals surface area contributed by atoms with Crippen LogP contribution in [0.25, 0.3) is 0 Å². The number of nitrogens with two attached hydrogens (primary N) is 1. The minimum absolute atomic E-state index is 0.219. The van der Waals surface area contributed by atoms with E-state index >= 15 is 0 Å². The lowest BCUT2D eigenvalue weighted by Crippen LogP contribution is -2.29. The molecule has 0 radical (unpaired) electrons. The second-order valence-corrected chi connectivity index (χ2v) is 4.75. The van der Waals surface area contributed by atoms with Crippen LogP contribution in [0.4, 0.5) is 5.69 Å². The van der Waals surface area contributed by atoms with Crippen molar-refractivity contribution in [2.24, 2.45) is 11.1 Å². The molecule has 84 valence electrons. The lowest BCUT2D eigenvalue weighted by molar-refractivity contribution is 0.351. The van der Waals surface area contributed by atoms with Gasteiger partial charge in [0.25, 0.3) is 0 Å². The Morgan fingerprint density at radius 1 is 1.47 bits per heavy atom. The fraction of sp³-hybridized carbons (Fsp3) is 0.583. The van der Waals surface area contributed by atoms with Gasteiger partial charge in [0, 0.05) is 19.8 Å². The minimum Gasteiger partial charge on any atom is -0.373 e. The van der Waals surface area contributed by atoms with E-state index in [2.05, 4.69) is 36.8 Å². The van der Waals surface area contributed by atoms with Crippen molar-refractivity contribution in [3.05, 3.63) is 24.5 Å². The standard InChI is InChI=1S/C12H21N3/c1-12(2,10-13)6-8-15(3)11-5-4-7-14-9-11/h4-5,7,9H,6,8,10,13H2,1-3H3. The van der Waals surface area contributed by atoms with E-state index in [-0.39, 0.29) is 5.41 Å². The lowest BCUT2D eigenvalue weighted by Gasteiger charge is -2.26. The Hall–Kier alpha value is -1.09. The van der Waals surface area contributed by atoms with E-state index < -0.39 is 0 Å². The van der Waals surface area contributed by atoms with Crippen LogP contribution in [0, 0.1) is 5.41 Å². The summed E-state index contributed by atoms with van der Waals surface area (Å²) in [4.78, 5) is 6.32. The Labute approximate surface area is 92.3 Å². The second kappa shape index (κ2) is 5.12. The van der Waals surface area contributed by atoms with Gasteiger partial charge in [-0.1, -0.05) is 13.8 Å². The summed E-state index contributed by atoms with van der Waals surface area (Å²) in [6.45, 7) is 6.14. The highest BCUT2D eigenvalue weighted by atomic mass is 15.1. The van der Waals surface area contributed by atoms with Crippen molar-refractivity contribution in [3.8, 4) is 0 Å². The highest BCUT2D eigenvalue weighted by Crippen LogP contribution is 2.20. The van der Waals surface area contributed by atoms with Crippen LogP contribution < -0.4 is 10.6 Å². The zero-order valence-corrected chi connectivity index (χ0v) is 9.90. The van der Waals surface area contributed by atoms with Crippen LogP contribution in [0.1, 0.15) is 20.3 Å². The molecule has 1 rings (SSSR count). The molecular weight excluding hydrogens is 186 g/mol. The van der Waals surface area contributed by atoms with Gasteiger partial charge in [0.1, 0.15) is 0 Å². The third kappa shape index (κ3) is 3.88. The van der Waals surface area contributed by atoms with Gasteiger partial charge in [0.2, 0.25) is 0 Å². The van der Waals surface area contributed by atoms with Gasteiger partial charge >= 0.3 is 0 Å². The van der Waals surface area contributed by atoms with Gasteiger partial charge in [0.05, 0.1) is 11.9 Å². The van der Waals surface area contributed by atoms with Crippen molar-refractivity contribution >= 4 is 5.69 Å². The van der Waals surface area contributed by atoms with Crippen molar-refractivity contribution in [2.75, 3.05) is 25.0 Å². The fourth-order valence-corrected chi connectivity index (χ4v) is 1.28. The normalized spacial score (nSPS) is 11.5. The average molecular weight is 207 g/mol. The first-order chi connectivity index (χ1) is 7.05. The highest BCUT2D eigenvalue weighted by Gasteiger charge is 2.16. The van der Waals surface area contributed by atoms with E-state index in [1.807, 2.05) is 12.3 Å². The maximum Gasteiger partial charge on any atom is 0.0550 e. The number of hydrogen-bond acceptors (Lipinski definition) is 3. The number of pyridine rings is 1. The minimum atomic E-state index is 0.219. The largest absolute Gasteiger partial charge is 0.373 e. The quantitative estimate of drug-likeness (QED) is 0.801. The molecule has 0 aliphatic carbocycles. The van der Waals surface area contributed by atoms with E-state index in [1.165, 1.54) is 0 Å². The molecule has 3 heteroatoms. The van der Waals surface area contributed by atoms with E-state index in [9.17, 15) is 0 Å². The predicted molar refractivity (Wildman–Crippen MR) is 65.0 cm³/mol. The van der Waals surface area contributed by atoms with Crippen molar-refractivity contribution in [1.82, 2.24) is 4.98 Å². The van der Waals surface area contributed by atoms with Crippen molar-refractivity contribution in [3.63, 3.8) is 0 Å². The zero-order valence-electron chi connectivity index (χ0n) is 9.90. The summed E-state index contributed by atoms with van der Waals surface area (Å²) < 4.78 is 0. The number of nitrogens with zero attached hydrogens (tertiary/aromatic N) is 2. The average Bonchev–Trinajstić information content (AvgIpc) is 2.27. The first-order valence-electron chi connectivity index (χ1n) is 5.36. The number of hydrogen-bond donors (Lipinski definition) is 1. The molecule has 0 bridgehead atoms. The molecule has 0 amide bonds. The molecule has 0 spiro atoms. The molecule has 0 aromatic carbocycles. The SMILES string of the molecule is CN(CCC(C)(C)CN)c1cccnc1. The molecular formula is C12H21N3. The molecule has 0 aliphatic rings. The lowest BCUT2D eigenvalue weighted by atomic mass is 9.89. The zero-order chi connectivity index (χ0) is 11.3. The topological polar surface area (TPSA) is 42.1 Å². The van der Waals surface area contributed by atoms with Gasteiger partial charge in [-0.2, -0.15) is 0 Å². The van der Waals surface area contributed by atoms with Crippen molar-refractivity contribution < 1.29 is 0 Å². The molecule has 0 atom stereocenters. The first-order valence-corrected chi connectivity index (χ1v) is 5.36. The molecule has 1 aromatic heterocycles. The highest BCUT2D eigenvalue weighted by molar-refractivity contribution is 5.42. The number of rotatable bonds is 5. The summed E-state index contributed by atoms with van der Waals surface area (Å²) in [5, 5.41) is 0. The van der Waals surface area contributed by atoms with E-state index in [0.717, 1.165) is 25.2 Å². The summed E-state index contributed by atoms with van der Waals surface area (Å²) in [6.07, 6.45) is 4.77. The van der Waals surface area contributed by atoms with Crippen LogP contribution in [-0.4, -0.2) is 25.1 Å². The van der Waals surface area contributed by atoms with Gasteiger partial charge < -0.3 is 10.6 Å². The van der Waals surface area contributed by atoms with E-state index in [1.54, 1.807) is 6.20 Å². The van der Waals surface area contributed by atoms with Crippen molar-refractivity contribution in [1.29, 1.82) is 0 Å². The monoisotopic (exact) mass is 207 g/mol. The summed E-state index contributed by atoms with van der Waals surface area (Å²) in [7, 11) is 2.09. The van der Waals surface area contributed by atoms with E-state index in [0.29, 0.717) is 0 Å². The molecule has 0 aliphatic heterocycles. The Morgan fingerprint density at radius 3 is 2.73 bits per heavy atom. The maximum absolute atomic E-state index is 5.70. The molecule has 1 aromatic rings. The van der Waals surface area contributed by atoms with Crippen LogP contribution in [0.15, 0.2) is 24.5 Å². The smallest absolute Gasteiger partial charge is 0.0550 e. The van der Waals surface area contributed by atoms with Gasteiger partial charge in [-0.3, -0.25) is 4.98 Å². The van der Waals surface area contributed by atoms with Crippen LogP contribution in [-0.2, 0) is 0 Å². The van der Waals surface area contributed by atoms with Gasteiger partial charge in [-0.25, -0.2) is 0 Å². The van der Waals surface area contributed by atoms with E-state index in [4.69, 9.17) is 5.73 Å². The third-order valence-electron chi connectivity index (χ3n) is 2.76. The Morgan fingerprint density at radius 2 is 2.20 bits per heavy atom. The van der Waals surface area contributed by atoms with Gasteiger partial charge in [0.15, 0.2) is 0 Å². The number of aromatic nitrogens is 1. The Bertz CT molecular complexity index is 282. The van der Waals surface area contributed by atoms with Crippen LogP contribution in [0.3, 0.4) is 0 Å². The Balaban J connectivity index is 2.47. The van der Waals surface area contributed by atoms with Crippen LogP contribution in [0.5, 0.6) is 0 Å². The molecule has 15 heavy (non-hydrogen) atoms. The maximum atomic E-state index is 5.70. The Kier molecular flexibility index (Phi) is 4.09. The van der Waals surface area contributed by atoms with Crippen LogP contribution >= 0.6 is 0 Å². The number of anilines is 1. The molecule has 0 saturated heterocycles. The molecule has 3 nitrogen and oxygen atoms in total. The van der Waals surface area contributed by atoms with Crippen molar-refractivity contribution in [2.45, 2.75) is 20.3 Å². The molecule has 0 saturated carbocycles. The second-order valence-electron chi connectivity index (χ2n) is 4.75. The molecule has 0 unspecified atom stereocenters. The molecule has 2 N–H and O–H groups in total. The third-order valence-corrected chi connectivity index (χ3v) is 2.76. The predicted octanol–water partition coefficient (Wildman–Crippen LogP) is 1.89. The summed E-state index contributed by atoms with van der Waals surface area (Å²) in [5.41, 5.74) is 7.08. The summed E-state index contributed by atoms with van der Waals surface area (Å²) in [6, 6.07) is 4.03. The summed E-state index contributed by atoms with van der Waals surface area (Å²) >= 11 is 0. The van der Waals surface area contributed by atoms with Gasteiger partial charge in [-0.05, 0) is 30.5 Å². The molecule has 1 heterocycles. The molecule has 0 fully saturated rings. The first kappa shape index (κ1) is 12.0.